The average Bonchev–Trinajstić information content (AvgIpc) is 3.39. The fraction of sp³-hybridized carbons (Fsp3) is 0.364. The van der Waals surface area contributed by atoms with Gasteiger partial charge in [-0.05, 0) is 61.2 Å². The highest BCUT2D eigenvalue weighted by Crippen LogP contribution is 2.48. The van der Waals surface area contributed by atoms with Gasteiger partial charge in [-0.1, -0.05) is 40.2 Å². The van der Waals surface area contributed by atoms with Crippen LogP contribution in [0.5, 0.6) is 0 Å². The van der Waals surface area contributed by atoms with Gasteiger partial charge in [-0.3, -0.25) is 0 Å². The molecule has 0 spiro atoms. The Morgan fingerprint density at radius 3 is 2.37 bits per heavy atom. The molecular formula is C22H23BrFNO2. The van der Waals surface area contributed by atoms with E-state index in [1.165, 1.54) is 17.7 Å². The molecule has 2 aromatic rings. The first-order chi connectivity index (χ1) is 12.9. The summed E-state index contributed by atoms with van der Waals surface area (Å²) in [6, 6.07) is 14.8. The Balaban J connectivity index is 1.60. The molecule has 1 aliphatic heterocycles. The van der Waals surface area contributed by atoms with Crippen LogP contribution in [0.1, 0.15) is 43.4 Å². The van der Waals surface area contributed by atoms with E-state index in [9.17, 15) is 9.50 Å². The molecule has 2 aliphatic rings. The molecule has 1 N–H and O–H groups in total. The van der Waals surface area contributed by atoms with E-state index in [1.54, 1.807) is 12.1 Å². The molecule has 5 heteroatoms. The number of nitrogens with zero attached hydrogens (tertiary/aromatic N) is 1. The number of rotatable bonds is 5. The number of hydrogen-bond donors (Lipinski definition) is 1. The fourth-order valence-electron chi connectivity index (χ4n) is 3.60. The first-order valence-electron chi connectivity index (χ1n) is 9.22. The third-order valence-corrected chi connectivity index (χ3v) is 6.14. The molecule has 4 rings (SSSR count). The lowest BCUT2D eigenvalue weighted by molar-refractivity contribution is -0.106. The van der Waals surface area contributed by atoms with Crippen LogP contribution in [0.25, 0.3) is 0 Å². The third-order valence-electron chi connectivity index (χ3n) is 5.61. The zero-order chi connectivity index (χ0) is 19.1. The van der Waals surface area contributed by atoms with Crippen LogP contribution in [-0.4, -0.2) is 22.3 Å². The van der Waals surface area contributed by atoms with Crippen LogP contribution in [0.2, 0.25) is 0 Å². The molecule has 0 saturated heterocycles. The maximum Gasteiger partial charge on any atom is 0.123 e. The van der Waals surface area contributed by atoms with Gasteiger partial charge in [-0.2, -0.15) is 0 Å². The van der Waals surface area contributed by atoms with E-state index < -0.39 is 11.2 Å². The van der Waals surface area contributed by atoms with E-state index >= 15 is 0 Å². The largest absolute Gasteiger partial charge is 0.390 e. The predicted molar refractivity (Wildman–Crippen MR) is 106 cm³/mol. The summed E-state index contributed by atoms with van der Waals surface area (Å²) >= 11 is 3.47. The van der Waals surface area contributed by atoms with E-state index in [0.29, 0.717) is 13.2 Å². The molecule has 2 atom stereocenters. The maximum absolute atomic E-state index is 13.4. The second-order valence-electron chi connectivity index (χ2n) is 7.63. The van der Waals surface area contributed by atoms with E-state index in [4.69, 9.17) is 4.74 Å². The molecule has 1 aliphatic carbocycles. The van der Waals surface area contributed by atoms with Gasteiger partial charge < -0.3 is 14.7 Å². The third kappa shape index (κ3) is 3.96. The van der Waals surface area contributed by atoms with Crippen molar-refractivity contribution < 1.29 is 14.2 Å². The van der Waals surface area contributed by atoms with E-state index in [-0.39, 0.29) is 11.9 Å². The number of aliphatic hydroxyl groups is 1. The molecule has 0 unspecified atom stereocenters. The summed E-state index contributed by atoms with van der Waals surface area (Å²) in [5, 5.41) is 10.5. The van der Waals surface area contributed by atoms with Gasteiger partial charge in [-0.25, -0.2) is 4.39 Å². The van der Waals surface area contributed by atoms with Crippen LogP contribution < -0.4 is 0 Å². The van der Waals surface area contributed by atoms with Crippen LogP contribution in [0, 0.1) is 5.82 Å². The molecule has 0 aromatic heterocycles. The number of hydrogen-bond acceptors (Lipinski definition) is 3. The molecule has 0 bridgehead atoms. The number of benzene rings is 2. The summed E-state index contributed by atoms with van der Waals surface area (Å²) in [5.41, 5.74) is 0.658. The molecule has 1 saturated carbocycles. The lowest BCUT2D eigenvalue weighted by Gasteiger charge is -2.41. The maximum atomic E-state index is 13.4. The summed E-state index contributed by atoms with van der Waals surface area (Å²) in [6.45, 7) is 2.54. The molecule has 27 heavy (non-hydrogen) atoms. The Hall–Kier alpha value is -1.69. The van der Waals surface area contributed by atoms with E-state index in [0.717, 1.165) is 22.9 Å². The molecular weight excluding hydrogens is 409 g/mol. The van der Waals surface area contributed by atoms with Gasteiger partial charge >= 0.3 is 0 Å². The summed E-state index contributed by atoms with van der Waals surface area (Å²) < 4.78 is 20.8. The Kier molecular flexibility index (Phi) is 4.87. The van der Waals surface area contributed by atoms with Crippen molar-refractivity contribution in [3.05, 3.63) is 82.2 Å². The summed E-state index contributed by atoms with van der Waals surface area (Å²) in [7, 11) is 0. The van der Waals surface area contributed by atoms with Gasteiger partial charge in [0.1, 0.15) is 18.1 Å². The average molecular weight is 432 g/mol. The molecule has 1 heterocycles. The van der Waals surface area contributed by atoms with Gasteiger partial charge in [0.2, 0.25) is 0 Å². The second kappa shape index (κ2) is 7.04. The van der Waals surface area contributed by atoms with Crippen molar-refractivity contribution in [2.24, 2.45) is 0 Å². The van der Waals surface area contributed by atoms with Gasteiger partial charge in [0, 0.05) is 17.1 Å². The van der Waals surface area contributed by atoms with Crippen molar-refractivity contribution in [3.63, 3.8) is 0 Å². The van der Waals surface area contributed by atoms with Crippen LogP contribution in [0.15, 0.2) is 65.3 Å². The quantitative estimate of drug-likeness (QED) is 0.700. The van der Waals surface area contributed by atoms with Gasteiger partial charge in [0.15, 0.2) is 0 Å². The normalized spacial score (nSPS) is 24.7. The second-order valence-corrected chi connectivity index (χ2v) is 8.54. The molecule has 142 valence electrons. The number of halogens is 2. The van der Waals surface area contributed by atoms with Crippen molar-refractivity contribution in [1.82, 2.24) is 4.90 Å². The van der Waals surface area contributed by atoms with Gasteiger partial charge in [-0.15, -0.1) is 0 Å². The van der Waals surface area contributed by atoms with Crippen molar-refractivity contribution in [2.45, 2.75) is 43.4 Å². The summed E-state index contributed by atoms with van der Waals surface area (Å²) in [5.74, 6) is -0.274. The van der Waals surface area contributed by atoms with Crippen LogP contribution >= 0.6 is 15.9 Å². The molecule has 2 aromatic carbocycles. The monoisotopic (exact) mass is 431 g/mol. The van der Waals surface area contributed by atoms with Crippen LogP contribution in [-0.2, 0) is 10.3 Å². The molecule has 3 nitrogen and oxygen atoms in total. The Labute approximate surface area is 167 Å². The standard InChI is InChI=1S/C22H23BrFNO2/c1-16(17-2-6-19(23)7-3-17)25-13-12-22(27-15-25,14-21(26)10-11-21)18-4-8-20(24)9-5-18/h2-9,12-13,16,26H,10-11,14-15H2,1H3/t16-,22+/m0/s1. The molecule has 0 radical (unpaired) electrons. The Morgan fingerprint density at radius 2 is 1.81 bits per heavy atom. The topological polar surface area (TPSA) is 32.7 Å². The zero-order valence-electron chi connectivity index (χ0n) is 15.2. The van der Waals surface area contributed by atoms with Crippen molar-refractivity contribution in [2.75, 3.05) is 6.73 Å². The Bertz CT molecular complexity index is 832. The van der Waals surface area contributed by atoms with Gasteiger partial charge in [0.25, 0.3) is 0 Å². The number of ether oxygens (including phenoxy) is 1. The van der Waals surface area contributed by atoms with Crippen molar-refractivity contribution in [3.8, 4) is 0 Å². The highest BCUT2D eigenvalue weighted by molar-refractivity contribution is 9.10. The smallest absolute Gasteiger partial charge is 0.123 e. The first-order valence-corrected chi connectivity index (χ1v) is 10.0. The van der Waals surface area contributed by atoms with Crippen LogP contribution in [0.4, 0.5) is 4.39 Å². The van der Waals surface area contributed by atoms with E-state index in [1.807, 2.05) is 24.4 Å². The lowest BCUT2D eigenvalue weighted by atomic mass is 9.86. The lowest BCUT2D eigenvalue weighted by Crippen LogP contribution is -2.41. The minimum Gasteiger partial charge on any atom is -0.390 e. The minimum absolute atomic E-state index is 0.157. The fourth-order valence-corrected chi connectivity index (χ4v) is 3.87. The van der Waals surface area contributed by atoms with Crippen LogP contribution in [0.3, 0.4) is 0 Å². The first kappa shape index (κ1) is 18.7. The molecule has 1 fully saturated rings. The summed E-state index contributed by atoms with van der Waals surface area (Å²) in [4.78, 5) is 2.13. The SMILES string of the molecule is C[C@@H](c1ccc(Br)cc1)N1C=C[C@@](CC2(O)CC2)(c2ccc(F)cc2)OC1. The highest BCUT2D eigenvalue weighted by atomic mass is 79.9. The predicted octanol–water partition coefficient (Wildman–Crippen LogP) is 5.26. The van der Waals surface area contributed by atoms with Gasteiger partial charge in [0.05, 0.1) is 11.6 Å². The van der Waals surface area contributed by atoms with Crippen molar-refractivity contribution >= 4 is 15.9 Å². The van der Waals surface area contributed by atoms with E-state index in [2.05, 4.69) is 39.9 Å². The summed E-state index contributed by atoms with van der Waals surface area (Å²) in [6.07, 6.45) is 6.11. The zero-order valence-corrected chi connectivity index (χ0v) is 16.8. The minimum atomic E-state index is -0.727. The Morgan fingerprint density at radius 1 is 1.15 bits per heavy atom. The molecule has 0 amide bonds. The highest BCUT2D eigenvalue weighted by Gasteiger charge is 2.49. The van der Waals surface area contributed by atoms with Crippen molar-refractivity contribution in [1.29, 1.82) is 0 Å².